The summed E-state index contributed by atoms with van der Waals surface area (Å²) in [5.41, 5.74) is 6.14. The molecule has 0 aromatic carbocycles. The summed E-state index contributed by atoms with van der Waals surface area (Å²) in [6.45, 7) is 9.83. The van der Waals surface area contributed by atoms with Gasteiger partial charge in [-0.25, -0.2) is 0 Å². The van der Waals surface area contributed by atoms with E-state index in [0.717, 1.165) is 6.54 Å². The minimum atomic E-state index is 0.261. The van der Waals surface area contributed by atoms with E-state index in [1.54, 1.807) is 0 Å². The molecule has 0 saturated heterocycles. The number of likely N-dealkylation sites (N-methyl/N-ethyl adjacent to an activating group) is 1. The average Bonchev–Trinajstić information content (AvgIpc) is 2.12. The number of nitrogens with two attached hydrogens (primary N) is 1. The highest BCUT2D eigenvalue weighted by molar-refractivity contribution is 7.98. The first-order valence-electron chi connectivity index (χ1n) is 5.75. The van der Waals surface area contributed by atoms with Gasteiger partial charge in [0.25, 0.3) is 0 Å². The second kappa shape index (κ2) is 6.77. The van der Waals surface area contributed by atoms with Gasteiger partial charge in [0.15, 0.2) is 0 Å². The van der Waals surface area contributed by atoms with Crippen molar-refractivity contribution < 1.29 is 0 Å². The van der Waals surface area contributed by atoms with Gasteiger partial charge in [0, 0.05) is 18.6 Å². The first kappa shape index (κ1) is 15.3. The van der Waals surface area contributed by atoms with E-state index in [1.807, 2.05) is 11.8 Å². The molecule has 0 aliphatic heterocycles. The lowest BCUT2D eigenvalue weighted by atomic mass is 9.85. The van der Waals surface area contributed by atoms with Crippen molar-refractivity contribution in [3.63, 3.8) is 0 Å². The molecule has 2 N–H and O–H groups in total. The Labute approximate surface area is 100.0 Å². The van der Waals surface area contributed by atoms with Gasteiger partial charge in [0.2, 0.25) is 0 Å². The van der Waals surface area contributed by atoms with Crippen LogP contribution < -0.4 is 5.73 Å². The van der Waals surface area contributed by atoms with Crippen LogP contribution in [-0.4, -0.2) is 42.6 Å². The molecule has 2 nitrogen and oxygen atoms in total. The van der Waals surface area contributed by atoms with E-state index in [-0.39, 0.29) is 5.41 Å². The highest BCUT2D eigenvalue weighted by Crippen LogP contribution is 2.25. The van der Waals surface area contributed by atoms with Crippen LogP contribution in [0.5, 0.6) is 0 Å². The van der Waals surface area contributed by atoms with Crippen molar-refractivity contribution in [1.82, 2.24) is 4.90 Å². The molecule has 0 saturated carbocycles. The predicted octanol–water partition coefficient (Wildman–Crippen LogP) is 2.43. The Morgan fingerprint density at radius 2 is 1.87 bits per heavy atom. The van der Waals surface area contributed by atoms with Crippen molar-refractivity contribution in [2.75, 3.05) is 25.6 Å². The minimum Gasteiger partial charge on any atom is -0.329 e. The molecular formula is C12H28N2S. The molecule has 15 heavy (non-hydrogen) atoms. The number of rotatable bonds is 6. The lowest BCUT2D eigenvalue weighted by Crippen LogP contribution is -2.50. The number of hydrogen-bond acceptors (Lipinski definition) is 3. The Kier molecular flexibility index (Phi) is 6.89. The second-order valence-electron chi connectivity index (χ2n) is 5.41. The highest BCUT2D eigenvalue weighted by Gasteiger charge is 2.29. The fourth-order valence-electron chi connectivity index (χ4n) is 1.93. The van der Waals surface area contributed by atoms with Crippen LogP contribution in [0.25, 0.3) is 0 Å². The Bertz CT molecular complexity index is 165. The fraction of sp³-hybridized carbons (Fsp3) is 1.00. The van der Waals surface area contributed by atoms with E-state index in [9.17, 15) is 0 Å². The maximum Gasteiger partial charge on any atom is 0.0266 e. The quantitative estimate of drug-likeness (QED) is 0.763. The maximum absolute atomic E-state index is 5.88. The van der Waals surface area contributed by atoms with Gasteiger partial charge in [-0.3, -0.25) is 4.90 Å². The van der Waals surface area contributed by atoms with Gasteiger partial charge in [-0.15, -0.1) is 0 Å². The molecule has 2 atom stereocenters. The fourth-order valence-corrected chi connectivity index (χ4v) is 2.51. The topological polar surface area (TPSA) is 29.3 Å². The zero-order valence-corrected chi connectivity index (χ0v) is 12.0. The van der Waals surface area contributed by atoms with Crippen LogP contribution in [0.2, 0.25) is 0 Å². The molecular weight excluding hydrogens is 204 g/mol. The van der Waals surface area contributed by atoms with Gasteiger partial charge < -0.3 is 5.73 Å². The molecule has 0 bridgehead atoms. The zero-order chi connectivity index (χ0) is 12.1. The SMILES string of the molecule is CSCCC(C)N(C)C(CN)C(C)(C)C. The Hall–Kier alpha value is 0.270. The third-order valence-electron chi connectivity index (χ3n) is 3.15. The van der Waals surface area contributed by atoms with Gasteiger partial charge in [-0.1, -0.05) is 20.8 Å². The lowest BCUT2D eigenvalue weighted by molar-refractivity contribution is 0.0954. The molecule has 0 amide bonds. The standard InChI is InChI=1S/C12H28N2S/c1-10(7-8-15-6)14(5)11(9-13)12(2,3)4/h10-11H,7-9,13H2,1-6H3. The summed E-state index contributed by atoms with van der Waals surface area (Å²) in [4.78, 5) is 2.44. The lowest BCUT2D eigenvalue weighted by Gasteiger charge is -2.40. The van der Waals surface area contributed by atoms with Crippen molar-refractivity contribution in [1.29, 1.82) is 0 Å². The van der Waals surface area contributed by atoms with Crippen LogP contribution >= 0.6 is 11.8 Å². The third kappa shape index (κ3) is 5.23. The van der Waals surface area contributed by atoms with E-state index in [2.05, 4.69) is 45.9 Å². The van der Waals surface area contributed by atoms with E-state index < -0.39 is 0 Å². The Balaban J connectivity index is 4.31. The smallest absolute Gasteiger partial charge is 0.0266 e. The zero-order valence-electron chi connectivity index (χ0n) is 11.2. The summed E-state index contributed by atoms with van der Waals surface area (Å²) >= 11 is 1.92. The molecule has 92 valence electrons. The van der Waals surface area contributed by atoms with Gasteiger partial charge in [-0.05, 0) is 37.8 Å². The molecule has 0 aromatic heterocycles. The van der Waals surface area contributed by atoms with Crippen LogP contribution in [0.3, 0.4) is 0 Å². The second-order valence-corrected chi connectivity index (χ2v) is 6.40. The first-order chi connectivity index (χ1) is 6.84. The maximum atomic E-state index is 5.88. The van der Waals surface area contributed by atoms with Crippen LogP contribution in [0.1, 0.15) is 34.1 Å². The molecule has 0 aromatic rings. The Morgan fingerprint density at radius 3 is 2.20 bits per heavy atom. The highest BCUT2D eigenvalue weighted by atomic mass is 32.2. The van der Waals surface area contributed by atoms with E-state index in [4.69, 9.17) is 5.73 Å². The van der Waals surface area contributed by atoms with Gasteiger partial charge >= 0.3 is 0 Å². The van der Waals surface area contributed by atoms with Crippen LogP contribution in [0.4, 0.5) is 0 Å². The third-order valence-corrected chi connectivity index (χ3v) is 3.79. The number of thioether (sulfide) groups is 1. The summed E-state index contributed by atoms with van der Waals surface area (Å²) in [5.74, 6) is 1.23. The largest absolute Gasteiger partial charge is 0.329 e. The minimum absolute atomic E-state index is 0.261. The summed E-state index contributed by atoms with van der Waals surface area (Å²) in [6.07, 6.45) is 3.40. The first-order valence-corrected chi connectivity index (χ1v) is 7.15. The molecule has 0 heterocycles. The molecule has 0 spiro atoms. The molecule has 0 fully saturated rings. The average molecular weight is 232 g/mol. The van der Waals surface area contributed by atoms with Crippen molar-refractivity contribution >= 4 is 11.8 Å². The summed E-state index contributed by atoms with van der Waals surface area (Å²) < 4.78 is 0. The number of nitrogens with zero attached hydrogens (tertiary/aromatic N) is 1. The molecule has 2 unspecified atom stereocenters. The molecule has 0 aliphatic rings. The predicted molar refractivity (Wildman–Crippen MR) is 72.5 cm³/mol. The van der Waals surface area contributed by atoms with Crippen molar-refractivity contribution in [2.24, 2.45) is 11.1 Å². The molecule has 0 radical (unpaired) electrons. The van der Waals surface area contributed by atoms with Crippen molar-refractivity contribution in [2.45, 2.75) is 46.2 Å². The van der Waals surface area contributed by atoms with Gasteiger partial charge in [-0.2, -0.15) is 11.8 Å². The van der Waals surface area contributed by atoms with Crippen LogP contribution in [0.15, 0.2) is 0 Å². The van der Waals surface area contributed by atoms with E-state index >= 15 is 0 Å². The number of hydrogen-bond donors (Lipinski definition) is 1. The molecule has 3 heteroatoms. The summed E-state index contributed by atoms with van der Waals surface area (Å²) in [7, 11) is 2.20. The molecule has 0 rings (SSSR count). The van der Waals surface area contributed by atoms with Crippen molar-refractivity contribution in [3.05, 3.63) is 0 Å². The monoisotopic (exact) mass is 232 g/mol. The van der Waals surface area contributed by atoms with Crippen molar-refractivity contribution in [3.8, 4) is 0 Å². The summed E-state index contributed by atoms with van der Waals surface area (Å²) in [5, 5.41) is 0. The van der Waals surface area contributed by atoms with Gasteiger partial charge in [0.05, 0.1) is 0 Å². The van der Waals surface area contributed by atoms with E-state index in [1.165, 1.54) is 12.2 Å². The van der Waals surface area contributed by atoms with Crippen LogP contribution in [0, 0.1) is 5.41 Å². The van der Waals surface area contributed by atoms with E-state index in [0.29, 0.717) is 12.1 Å². The molecule has 0 aliphatic carbocycles. The van der Waals surface area contributed by atoms with Gasteiger partial charge in [0.1, 0.15) is 0 Å². The Morgan fingerprint density at radius 1 is 1.33 bits per heavy atom. The normalized spacial score (nSPS) is 16.8. The summed E-state index contributed by atoms with van der Waals surface area (Å²) in [6, 6.07) is 1.08. The van der Waals surface area contributed by atoms with Crippen LogP contribution in [-0.2, 0) is 0 Å².